The topological polar surface area (TPSA) is 62.7 Å². The van der Waals surface area contributed by atoms with E-state index in [-0.39, 0.29) is 12.0 Å². The molecule has 1 aliphatic rings. The maximum absolute atomic E-state index is 11.8. The zero-order valence-electron chi connectivity index (χ0n) is 12.3. The van der Waals surface area contributed by atoms with E-state index < -0.39 is 6.10 Å². The van der Waals surface area contributed by atoms with Crippen LogP contribution in [0.5, 0.6) is 0 Å². The third-order valence-electron chi connectivity index (χ3n) is 3.80. The van der Waals surface area contributed by atoms with Gasteiger partial charge in [-0.15, -0.1) is 11.3 Å². The first kappa shape index (κ1) is 15.1. The van der Waals surface area contributed by atoms with Gasteiger partial charge in [0.05, 0.1) is 24.6 Å². The van der Waals surface area contributed by atoms with Gasteiger partial charge in [-0.25, -0.2) is 4.98 Å². The van der Waals surface area contributed by atoms with Crippen LogP contribution in [0.3, 0.4) is 0 Å². The van der Waals surface area contributed by atoms with Crippen molar-refractivity contribution in [2.24, 2.45) is 0 Å². The summed E-state index contributed by atoms with van der Waals surface area (Å²) in [6.45, 7) is 1.02. The summed E-state index contributed by atoms with van der Waals surface area (Å²) < 4.78 is 4.82. The minimum absolute atomic E-state index is 0.295. The highest BCUT2D eigenvalue weighted by molar-refractivity contribution is 7.15. The first-order valence-electron chi connectivity index (χ1n) is 7.17. The smallest absolute Gasteiger partial charge is 0.323 e. The molecule has 1 aromatic carbocycles. The number of thiazole rings is 1. The van der Waals surface area contributed by atoms with Crippen LogP contribution in [0, 0.1) is 0 Å². The Morgan fingerprint density at radius 2 is 2.23 bits per heavy atom. The molecule has 116 valence electrons. The molecule has 22 heavy (non-hydrogen) atoms. The minimum Gasteiger partial charge on any atom is -0.468 e. The molecule has 2 aromatic rings. The second kappa shape index (κ2) is 6.56. The van der Waals surface area contributed by atoms with E-state index in [1.807, 2.05) is 41.4 Å². The van der Waals surface area contributed by atoms with E-state index in [0.29, 0.717) is 19.5 Å². The molecule has 1 fully saturated rings. The Morgan fingerprint density at radius 1 is 1.45 bits per heavy atom. The van der Waals surface area contributed by atoms with Crippen molar-refractivity contribution in [2.75, 3.05) is 13.7 Å². The number of methoxy groups -OCH3 is 1. The van der Waals surface area contributed by atoms with Crippen molar-refractivity contribution < 1.29 is 14.6 Å². The maximum atomic E-state index is 11.8. The number of nitrogens with zero attached hydrogens (tertiary/aromatic N) is 2. The van der Waals surface area contributed by atoms with Crippen molar-refractivity contribution in [3.63, 3.8) is 0 Å². The lowest BCUT2D eigenvalue weighted by Gasteiger charge is -2.20. The van der Waals surface area contributed by atoms with Gasteiger partial charge >= 0.3 is 5.97 Å². The van der Waals surface area contributed by atoms with Crippen LogP contribution in [0.15, 0.2) is 36.5 Å². The summed E-state index contributed by atoms with van der Waals surface area (Å²) in [6, 6.07) is 9.70. The fourth-order valence-electron chi connectivity index (χ4n) is 2.73. The number of rotatable bonds is 4. The Labute approximate surface area is 133 Å². The highest BCUT2D eigenvalue weighted by Gasteiger charge is 2.37. The second-order valence-electron chi connectivity index (χ2n) is 5.34. The number of hydrogen-bond acceptors (Lipinski definition) is 6. The Bertz CT molecular complexity index is 644. The van der Waals surface area contributed by atoms with Crippen LogP contribution in [-0.4, -0.2) is 46.8 Å². The highest BCUT2D eigenvalue weighted by atomic mass is 32.1. The molecule has 0 unspecified atom stereocenters. The van der Waals surface area contributed by atoms with Crippen molar-refractivity contribution in [1.29, 1.82) is 0 Å². The normalized spacial score (nSPS) is 21.9. The Balaban J connectivity index is 1.73. The van der Waals surface area contributed by atoms with E-state index in [1.165, 1.54) is 7.11 Å². The van der Waals surface area contributed by atoms with Crippen molar-refractivity contribution in [2.45, 2.75) is 25.1 Å². The average Bonchev–Trinajstić information content (AvgIpc) is 3.14. The van der Waals surface area contributed by atoms with Gasteiger partial charge in [0, 0.05) is 19.2 Å². The third-order valence-corrected chi connectivity index (χ3v) is 4.84. The average molecular weight is 318 g/mol. The number of carbonyl (C=O) groups excluding carboxylic acids is 1. The van der Waals surface area contributed by atoms with Gasteiger partial charge in [0.25, 0.3) is 0 Å². The summed E-state index contributed by atoms with van der Waals surface area (Å²) in [5.74, 6) is -0.295. The number of benzene rings is 1. The molecule has 0 saturated carbocycles. The van der Waals surface area contributed by atoms with Gasteiger partial charge in [0.2, 0.25) is 0 Å². The summed E-state index contributed by atoms with van der Waals surface area (Å²) in [5.41, 5.74) is 1.14. The molecule has 2 atom stereocenters. The van der Waals surface area contributed by atoms with E-state index in [2.05, 4.69) is 4.98 Å². The van der Waals surface area contributed by atoms with Gasteiger partial charge in [-0.2, -0.15) is 0 Å². The van der Waals surface area contributed by atoms with Gasteiger partial charge < -0.3 is 9.84 Å². The molecular weight excluding hydrogens is 300 g/mol. The van der Waals surface area contributed by atoms with Gasteiger partial charge in [-0.3, -0.25) is 9.69 Å². The number of β-amino-alcohol motifs (C(OH)–C–C–N with tert-alkyl or cyclic N) is 1. The van der Waals surface area contributed by atoms with Crippen molar-refractivity contribution in [3.8, 4) is 10.4 Å². The number of ether oxygens (including phenoxy) is 1. The van der Waals surface area contributed by atoms with Crippen LogP contribution in [0.25, 0.3) is 10.4 Å². The van der Waals surface area contributed by atoms with Crippen LogP contribution in [0.4, 0.5) is 0 Å². The van der Waals surface area contributed by atoms with Crippen LogP contribution in [0.1, 0.15) is 11.4 Å². The van der Waals surface area contributed by atoms with Crippen LogP contribution < -0.4 is 0 Å². The molecule has 1 N–H and O–H groups in total. The Morgan fingerprint density at radius 3 is 2.95 bits per heavy atom. The molecule has 5 nitrogen and oxygen atoms in total. The number of aliphatic hydroxyl groups excluding tert-OH is 1. The van der Waals surface area contributed by atoms with E-state index in [9.17, 15) is 9.90 Å². The molecule has 1 saturated heterocycles. The summed E-state index contributed by atoms with van der Waals surface area (Å²) in [4.78, 5) is 19.3. The monoisotopic (exact) mass is 318 g/mol. The Kier molecular flexibility index (Phi) is 4.52. The van der Waals surface area contributed by atoms with Gasteiger partial charge in [0.1, 0.15) is 11.0 Å². The lowest BCUT2D eigenvalue weighted by Crippen LogP contribution is -2.36. The van der Waals surface area contributed by atoms with Gasteiger partial charge in [-0.1, -0.05) is 30.3 Å². The molecule has 2 heterocycles. The zero-order chi connectivity index (χ0) is 15.5. The number of carbonyl (C=O) groups is 1. The number of aliphatic hydroxyl groups is 1. The number of esters is 1. The van der Waals surface area contributed by atoms with E-state index in [4.69, 9.17) is 4.74 Å². The Hall–Kier alpha value is -1.76. The lowest BCUT2D eigenvalue weighted by molar-refractivity contribution is -0.146. The molecule has 0 bridgehead atoms. The highest BCUT2D eigenvalue weighted by Crippen LogP contribution is 2.28. The van der Waals surface area contributed by atoms with Crippen molar-refractivity contribution in [3.05, 3.63) is 41.5 Å². The third kappa shape index (κ3) is 3.19. The molecule has 0 aliphatic carbocycles. The summed E-state index contributed by atoms with van der Waals surface area (Å²) in [7, 11) is 1.38. The quantitative estimate of drug-likeness (QED) is 0.873. The van der Waals surface area contributed by atoms with E-state index in [0.717, 1.165) is 15.4 Å². The lowest BCUT2D eigenvalue weighted by atomic mass is 10.2. The predicted molar refractivity (Wildman–Crippen MR) is 84.4 cm³/mol. The zero-order valence-corrected chi connectivity index (χ0v) is 13.1. The van der Waals surface area contributed by atoms with Crippen molar-refractivity contribution in [1.82, 2.24) is 9.88 Å². The number of hydrogen-bond donors (Lipinski definition) is 1. The van der Waals surface area contributed by atoms with E-state index >= 15 is 0 Å². The summed E-state index contributed by atoms with van der Waals surface area (Å²) in [6.07, 6.45) is 1.79. The van der Waals surface area contributed by atoms with E-state index in [1.54, 1.807) is 11.3 Å². The fraction of sp³-hybridized carbons (Fsp3) is 0.375. The first-order valence-corrected chi connectivity index (χ1v) is 7.99. The summed E-state index contributed by atoms with van der Waals surface area (Å²) in [5, 5.41) is 10.7. The molecule has 0 amide bonds. The molecular formula is C16H18N2O3S. The second-order valence-corrected chi connectivity index (χ2v) is 6.46. The van der Waals surface area contributed by atoms with Crippen LogP contribution in [0.2, 0.25) is 0 Å². The fourth-order valence-corrected chi connectivity index (χ4v) is 3.68. The van der Waals surface area contributed by atoms with Crippen LogP contribution in [-0.2, 0) is 16.1 Å². The SMILES string of the molecule is COC(=O)[C@H]1C[C@@H](O)CN1Cc1ncc(-c2ccccc2)s1. The van der Waals surface area contributed by atoms with Gasteiger partial charge in [-0.05, 0) is 5.56 Å². The molecule has 6 heteroatoms. The molecule has 1 aromatic heterocycles. The molecule has 0 spiro atoms. The first-order chi connectivity index (χ1) is 10.7. The van der Waals surface area contributed by atoms with Gasteiger partial charge in [0.15, 0.2) is 0 Å². The largest absolute Gasteiger partial charge is 0.468 e. The van der Waals surface area contributed by atoms with Crippen LogP contribution >= 0.6 is 11.3 Å². The maximum Gasteiger partial charge on any atom is 0.323 e. The molecule has 0 radical (unpaired) electrons. The van der Waals surface area contributed by atoms with Crippen molar-refractivity contribution >= 4 is 17.3 Å². The molecule has 3 rings (SSSR count). The number of aromatic nitrogens is 1. The predicted octanol–water partition coefficient (Wildman–Crippen LogP) is 1.92. The standard InChI is InChI=1S/C16H18N2O3S/c1-21-16(20)13-7-12(19)9-18(13)10-15-17-8-14(22-15)11-5-3-2-4-6-11/h2-6,8,12-13,19H,7,9-10H2,1H3/t12-,13-/m1/s1. The number of likely N-dealkylation sites (tertiary alicyclic amines) is 1. The summed E-state index contributed by atoms with van der Waals surface area (Å²) >= 11 is 1.61. The minimum atomic E-state index is -0.488. The molecule has 1 aliphatic heterocycles.